The van der Waals surface area contributed by atoms with E-state index in [1.807, 2.05) is 0 Å². The van der Waals surface area contributed by atoms with Gasteiger partial charge in [0.15, 0.2) is 0 Å². The molecule has 2 rings (SSSR count). The van der Waals surface area contributed by atoms with Crippen LogP contribution in [-0.4, -0.2) is 31.2 Å². The van der Waals surface area contributed by atoms with Gasteiger partial charge in [0, 0.05) is 5.69 Å². The summed E-state index contributed by atoms with van der Waals surface area (Å²) >= 11 is 0. The third kappa shape index (κ3) is 5.13. The van der Waals surface area contributed by atoms with Crippen molar-refractivity contribution in [3.63, 3.8) is 0 Å². The molecule has 0 spiro atoms. The fraction of sp³-hybridized carbons (Fsp3) is 0.118. The molecule has 24 heavy (non-hydrogen) atoms. The molecule has 2 aromatic carbocycles. The molecule has 2 amide bonds. The van der Waals surface area contributed by atoms with E-state index in [1.54, 1.807) is 30.3 Å². The van der Waals surface area contributed by atoms with Crippen molar-refractivity contribution in [2.75, 3.05) is 18.5 Å². The van der Waals surface area contributed by atoms with Crippen molar-refractivity contribution in [3.8, 4) is 0 Å². The normalized spacial score (nSPS) is 9.83. The first-order valence-corrected chi connectivity index (χ1v) is 7.12. The van der Waals surface area contributed by atoms with Gasteiger partial charge in [0.25, 0.3) is 0 Å². The Morgan fingerprint density at radius 1 is 0.792 bits per heavy atom. The lowest BCUT2D eigenvalue weighted by Gasteiger charge is -2.07. The van der Waals surface area contributed by atoms with Crippen molar-refractivity contribution in [1.29, 1.82) is 0 Å². The first-order chi connectivity index (χ1) is 11.6. The molecule has 0 aliphatic carbocycles. The van der Waals surface area contributed by atoms with Gasteiger partial charge in [-0.25, -0.2) is 14.4 Å². The molecule has 0 bridgehead atoms. The summed E-state index contributed by atoms with van der Waals surface area (Å²) in [5, 5.41) is 2.38. The second-order valence-electron chi connectivity index (χ2n) is 4.70. The van der Waals surface area contributed by atoms with Gasteiger partial charge in [0.05, 0.1) is 11.1 Å². The number of hydrogen-bond donors (Lipinski definition) is 2. The number of hydrogen-bond acceptors (Lipinski definition) is 5. The third-order valence-corrected chi connectivity index (χ3v) is 2.95. The summed E-state index contributed by atoms with van der Waals surface area (Å²) in [6.45, 7) is -0.0977. The van der Waals surface area contributed by atoms with Crippen LogP contribution >= 0.6 is 0 Å². The van der Waals surface area contributed by atoms with Crippen LogP contribution in [0.15, 0.2) is 54.6 Å². The predicted molar refractivity (Wildman–Crippen MR) is 86.7 cm³/mol. The monoisotopic (exact) mass is 328 g/mol. The summed E-state index contributed by atoms with van der Waals surface area (Å²) in [7, 11) is 0. The molecule has 0 radical (unpaired) electrons. The quantitative estimate of drug-likeness (QED) is 0.624. The Hall–Kier alpha value is -3.35. The van der Waals surface area contributed by atoms with E-state index in [0.717, 1.165) is 0 Å². The van der Waals surface area contributed by atoms with Gasteiger partial charge in [0.2, 0.25) is 0 Å². The Labute approximate surface area is 138 Å². The predicted octanol–water partition coefficient (Wildman–Crippen LogP) is 2.19. The number of urea groups is 1. The summed E-state index contributed by atoms with van der Waals surface area (Å²) < 4.78 is 10.0. The Bertz CT molecular complexity index is 714. The number of anilines is 1. The molecule has 0 heterocycles. The van der Waals surface area contributed by atoms with E-state index in [1.165, 1.54) is 24.3 Å². The van der Waals surface area contributed by atoms with Gasteiger partial charge in [-0.15, -0.1) is 0 Å². The number of amides is 2. The topological polar surface area (TPSA) is 108 Å². The molecule has 0 saturated heterocycles. The van der Waals surface area contributed by atoms with Crippen molar-refractivity contribution < 1.29 is 23.9 Å². The second-order valence-corrected chi connectivity index (χ2v) is 4.70. The molecule has 3 N–H and O–H groups in total. The second kappa shape index (κ2) is 8.33. The van der Waals surface area contributed by atoms with Crippen molar-refractivity contribution >= 4 is 23.7 Å². The number of nitrogens with one attached hydrogen (secondary N) is 1. The maximum Gasteiger partial charge on any atom is 0.338 e. The number of primary amides is 1. The van der Waals surface area contributed by atoms with E-state index in [4.69, 9.17) is 15.2 Å². The zero-order valence-electron chi connectivity index (χ0n) is 12.7. The molecular weight excluding hydrogens is 312 g/mol. The summed E-state index contributed by atoms with van der Waals surface area (Å²) in [6, 6.07) is 13.9. The average Bonchev–Trinajstić information content (AvgIpc) is 2.59. The van der Waals surface area contributed by atoms with Crippen LogP contribution in [0.4, 0.5) is 10.5 Å². The Morgan fingerprint density at radius 2 is 1.29 bits per heavy atom. The summed E-state index contributed by atoms with van der Waals surface area (Å²) in [5.41, 5.74) is 6.19. The molecule has 0 aliphatic rings. The van der Waals surface area contributed by atoms with E-state index < -0.39 is 18.0 Å². The zero-order chi connectivity index (χ0) is 17.4. The van der Waals surface area contributed by atoms with Crippen LogP contribution < -0.4 is 11.1 Å². The summed E-state index contributed by atoms with van der Waals surface area (Å²) in [6.07, 6.45) is 0. The fourth-order valence-corrected chi connectivity index (χ4v) is 1.84. The molecule has 2 aromatic rings. The number of carbonyl (C=O) groups excluding carboxylic acids is 3. The number of benzene rings is 2. The highest BCUT2D eigenvalue weighted by Gasteiger charge is 2.09. The standard InChI is InChI=1S/C17H16N2O5/c18-17(22)19-14-8-6-13(7-9-14)16(21)24-11-10-23-15(20)12-4-2-1-3-5-12/h1-9H,10-11H2,(H3,18,19,22). The van der Waals surface area contributed by atoms with Gasteiger partial charge >= 0.3 is 18.0 Å². The van der Waals surface area contributed by atoms with Gasteiger partial charge in [-0.2, -0.15) is 0 Å². The largest absolute Gasteiger partial charge is 0.458 e. The van der Waals surface area contributed by atoms with Crippen LogP contribution in [0.3, 0.4) is 0 Å². The highest BCUT2D eigenvalue weighted by atomic mass is 16.6. The van der Waals surface area contributed by atoms with Crippen LogP contribution in [-0.2, 0) is 9.47 Å². The van der Waals surface area contributed by atoms with E-state index >= 15 is 0 Å². The lowest BCUT2D eigenvalue weighted by atomic mass is 10.2. The minimum Gasteiger partial charge on any atom is -0.458 e. The molecule has 7 heteroatoms. The zero-order valence-corrected chi connectivity index (χ0v) is 12.7. The number of carbonyl (C=O) groups is 3. The smallest absolute Gasteiger partial charge is 0.338 e. The minimum atomic E-state index is -0.689. The maximum absolute atomic E-state index is 11.8. The SMILES string of the molecule is NC(=O)Nc1ccc(C(=O)OCCOC(=O)c2ccccc2)cc1. The molecule has 0 unspecified atom stereocenters. The number of ether oxygens (including phenoxy) is 2. The molecule has 0 saturated carbocycles. The summed E-state index contributed by atoms with van der Waals surface area (Å²) in [5.74, 6) is -1.04. The number of rotatable bonds is 6. The molecule has 0 aliphatic heterocycles. The van der Waals surface area contributed by atoms with Gasteiger partial charge in [-0.1, -0.05) is 18.2 Å². The van der Waals surface area contributed by atoms with Crippen LogP contribution in [0.1, 0.15) is 20.7 Å². The molecule has 7 nitrogen and oxygen atoms in total. The van der Waals surface area contributed by atoms with Crippen molar-refractivity contribution in [2.24, 2.45) is 5.73 Å². The highest BCUT2D eigenvalue weighted by molar-refractivity contribution is 5.92. The van der Waals surface area contributed by atoms with Crippen molar-refractivity contribution in [3.05, 3.63) is 65.7 Å². The van der Waals surface area contributed by atoms with E-state index in [9.17, 15) is 14.4 Å². The summed E-state index contributed by atoms with van der Waals surface area (Å²) in [4.78, 5) is 34.2. The maximum atomic E-state index is 11.8. The molecule has 0 aromatic heterocycles. The number of esters is 2. The molecule has 0 fully saturated rings. The van der Waals surface area contributed by atoms with Crippen LogP contribution in [0, 0.1) is 0 Å². The molecule has 0 atom stereocenters. The van der Waals surface area contributed by atoms with Gasteiger partial charge in [0.1, 0.15) is 13.2 Å². The highest BCUT2D eigenvalue weighted by Crippen LogP contribution is 2.10. The Balaban J connectivity index is 1.75. The minimum absolute atomic E-state index is 0.0409. The lowest BCUT2D eigenvalue weighted by Crippen LogP contribution is -2.19. The van der Waals surface area contributed by atoms with E-state index in [2.05, 4.69) is 5.32 Å². The first-order valence-electron chi connectivity index (χ1n) is 7.12. The fourth-order valence-electron chi connectivity index (χ4n) is 1.84. The lowest BCUT2D eigenvalue weighted by molar-refractivity contribution is 0.0265. The average molecular weight is 328 g/mol. The van der Waals surface area contributed by atoms with E-state index in [0.29, 0.717) is 16.8 Å². The van der Waals surface area contributed by atoms with Crippen molar-refractivity contribution in [1.82, 2.24) is 0 Å². The Kier molecular flexibility index (Phi) is 5.90. The molecular formula is C17H16N2O5. The van der Waals surface area contributed by atoms with Gasteiger partial charge in [-0.3, -0.25) is 0 Å². The first kappa shape index (κ1) is 17.0. The Morgan fingerprint density at radius 3 is 1.79 bits per heavy atom. The van der Waals surface area contributed by atoms with Crippen molar-refractivity contribution in [2.45, 2.75) is 0 Å². The molecule has 124 valence electrons. The van der Waals surface area contributed by atoms with E-state index in [-0.39, 0.29) is 13.2 Å². The van der Waals surface area contributed by atoms with Crippen LogP contribution in [0.25, 0.3) is 0 Å². The third-order valence-electron chi connectivity index (χ3n) is 2.95. The number of nitrogens with two attached hydrogens (primary N) is 1. The van der Waals surface area contributed by atoms with Crippen LogP contribution in [0.5, 0.6) is 0 Å². The van der Waals surface area contributed by atoms with Crippen LogP contribution in [0.2, 0.25) is 0 Å². The van der Waals surface area contributed by atoms with Gasteiger partial charge in [-0.05, 0) is 36.4 Å². The van der Waals surface area contributed by atoms with Gasteiger partial charge < -0.3 is 20.5 Å².